The minimum absolute atomic E-state index is 0.665. The Hall–Kier alpha value is -4.07. The molecule has 0 N–H and O–H groups in total. The highest BCUT2D eigenvalue weighted by Gasteiger charge is 2.22. The first-order valence-corrected chi connectivity index (χ1v) is 12.2. The molecule has 35 heavy (non-hydrogen) atoms. The Bertz CT molecular complexity index is 1320. The first kappa shape index (κ1) is 22.7. The summed E-state index contributed by atoms with van der Waals surface area (Å²) in [7, 11) is 1.97. The fourth-order valence-corrected chi connectivity index (χ4v) is 4.28. The molecule has 0 radical (unpaired) electrons. The predicted octanol–water partition coefficient (Wildman–Crippen LogP) is 4.88. The van der Waals surface area contributed by atoms with E-state index in [1.807, 2.05) is 23.7 Å². The van der Waals surface area contributed by atoms with Gasteiger partial charge in [-0.3, -0.25) is 4.57 Å². The summed E-state index contributed by atoms with van der Waals surface area (Å²) in [4.78, 5) is 17.3. The van der Waals surface area contributed by atoms with Crippen LogP contribution in [0.15, 0.2) is 73.1 Å². The quantitative estimate of drug-likeness (QED) is 0.273. The molecule has 5 aromatic rings. The first-order chi connectivity index (χ1) is 17.2. The summed E-state index contributed by atoms with van der Waals surface area (Å²) in [6.07, 6.45) is 7.66. The van der Waals surface area contributed by atoms with Crippen LogP contribution in [0.5, 0.6) is 0 Å². The Labute approximate surface area is 205 Å². The molecule has 5 rings (SSSR count). The standard InChI is InChI=1S/C27H30N8/c1-3-4-7-16-23-29-25-24(31-27(33(25)2)35-18-17-28-32-35)26(30-23)34(19-21-12-8-5-9-13-21)20-22-14-10-6-11-15-22/h5-6,8-15,17-18H,3-4,7,16,19-20H2,1-2H3. The van der Waals surface area contributed by atoms with Crippen molar-refractivity contribution in [3.63, 3.8) is 0 Å². The molecule has 3 aromatic heterocycles. The Morgan fingerprint density at radius 2 is 1.51 bits per heavy atom. The van der Waals surface area contributed by atoms with E-state index in [1.54, 1.807) is 17.1 Å². The van der Waals surface area contributed by atoms with Gasteiger partial charge >= 0.3 is 0 Å². The van der Waals surface area contributed by atoms with Crippen LogP contribution in [-0.2, 0) is 26.6 Å². The zero-order valence-corrected chi connectivity index (χ0v) is 20.2. The fraction of sp³-hybridized carbons (Fsp3) is 0.296. The number of aromatic nitrogens is 7. The third-order valence-electron chi connectivity index (χ3n) is 6.09. The summed E-state index contributed by atoms with van der Waals surface area (Å²) < 4.78 is 3.64. The monoisotopic (exact) mass is 466 g/mol. The molecule has 3 heterocycles. The van der Waals surface area contributed by atoms with Gasteiger partial charge in [-0.15, -0.1) is 5.10 Å². The van der Waals surface area contributed by atoms with Gasteiger partial charge in [0.05, 0.1) is 12.4 Å². The van der Waals surface area contributed by atoms with E-state index >= 15 is 0 Å². The summed E-state index contributed by atoms with van der Waals surface area (Å²) in [6.45, 7) is 3.64. The van der Waals surface area contributed by atoms with Crippen molar-refractivity contribution in [3.05, 3.63) is 90.0 Å². The van der Waals surface area contributed by atoms with E-state index in [4.69, 9.17) is 15.0 Å². The van der Waals surface area contributed by atoms with Gasteiger partial charge in [-0.2, -0.15) is 4.68 Å². The van der Waals surface area contributed by atoms with Gasteiger partial charge in [0.2, 0.25) is 5.95 Å². The highest BCUT2D eigenvalue weighted by Crippen LogP contribution is 2.28. The van der Waals surface area contributed by atoms with E-state index in [0.29, 0.717) is 19.0 Å². The van der Waals surface area contributed by atoms with E-state index in [9.17, 15) is 0 Å². The molecule has 0 unspecified atom stereocenters. The maximum atomic E-state index is 5.09. The maximum absolute atomic E-state index is 5.09. The fourth-order valence-electron chi connectivity index (χ4n) is 4.28. The number of hydrogen-bond acceptors (Lipinski definition) is 6. The second-order valence-electron chi connectivity index (χ2n) is 8.74. The normalized spacial score (nSPS) is 11.3. The van der Waals surface area contributed by atoms with Crippen molar-refractivity contribution in [2.24, 2.45) is 7.05 Å². The van der Waals surface area contributed by atoms with Gasteiger partial charge in [-0.05, 0) is 17.5 Å². The largest absolute Gasteiger partial charge is 0.346 e. The highest BCUT2D eigenvalue weighted by molar-refractivity contribution is 5.85. The summed E-state index contributed by atoms with van der Waals surface area (Å²) >= 11 is 0. The molecule has 0 atom stereocenters. The van der Waals surface area contributed by atoms with E-state index in [-0.39, 0.29) is 0 Å². The van der Waals surface area contributed by atoms with Gasteiger partial charge in [0, 0.05) is 26.6 Å². The smallest absolute Gasteiger partial charge is 0.234 e. The number of benzene rings is 2. The number of aryl methyl sites for hydroxylation is 2. The second-order valence-corrected chi connectivity index (χ2v) is 8.74. The lowest BCUT2D eigenvalue weighted by atomic mass is 10.1. The van der Waals surface area contributed by atoms with E-state index in [2.05, 4.69) is 70.7 Å². The lowest BCUT2D eigenvalue weighted by Crippen LogP contribution is -2.24. The third-order valence-corrected chi connectivity index (χ3v) is 6.09. The zero-order valence-electron chi connectivity index (χ0n) is 20.2. The molecule has 8 heteroatoms. The van der Waals surface area contributed by atoms with Crippen molar-refractivity contribution in [2.75, 3.05) is 4.90 Å². The molecule has 2 aromatic carbocycles. The lowest BCUT2D eigenvalue weighted by Gasteiger charge is -2.25. The third kappa shape index (κ3) is 5.06. The highest BCUT2D eigenvalue weighted by atomic mass is 15.5. The van der Waals surface area contributed by atoms with Crippen molar-refractivity contribution < 1.29 is 0 Å². The van der Waals surface area contributed by atoms with E-state index in [1.165, 1.54) is 11.1 Å². The molecule has 178 valence electrons. The van der Waals surface area contributed by atoms with Crippen LogP contribution in [0.4, 0.5) is 5.82 Å². The van der Waals surface area contributed by atoms with Crippen molar-refractivity contribution in [1.82, 2.24) is 34.5 Å². The minimum Gasteiger partial charge on any atom is -0.346 e. The molecule has 0 aliphatic carbocycles. The molecule has 0 saturated heterocycles. The Kier molecular flexibility index (Phi) is 6.79. The topological polar surface area (TPSA) is 77.5 Å². The number of imidazole rings is 1. The SMILES string of the molecule is CCCCCc1nc(N(Cc2ccccc2)Cc2ccccc2)c2nc(-n3ccnn3)n(C)c2n1. The lowest BCUT2D eigenvalue weighted by molar-refractivity contribution is 0.688. The Morgan fingerprint density at radius 1 is 0.829 bits per heavy atom. The molecule has 0 bridgehead atoms. The summed E-state index contributed by atoms with van der Waals surface area (Å²) in [5.41, 5.74) is 4.01. The molecular weight excluding hydrogens is 436 g/mol. The van der Waals surface area contributed by atoms with E-state index < -0.39 is 0 Å². The van der Waals surface area contributed by atoms with Crippen LogP contribution in [0.1, 0.15) is 43.1 Å². The van der Waals surface area contributed by atoms with Gasteiger partial charge in [-0.1, -0.05) is 85.6 Å². The van der Waals surface area contributed by atoms with Crippen LogP contribution < -0.4 is 4.90 Å². The van der Waals surface area contributed by atoms with Gasteiger partial charge in [0.25, 0.3) is 0 Å². The average Bonchev–Trinajstić information content (AvgIpc) is 3.53. The second kappa shape index (κ2) is 10.5. The van der Waals surface area contributed by atoms with Crippen molar-refractivity contribution in [3.8, 4) is 5.95 Å². The molecule has 0 aliphatic rings. The molecule has 0 saturated carbocycles. The van der Waals surface area contributed by atoms with Crippen molar-refractivity contribution >= 4 is 17.0 Å². The van der Waals surface area contributed by atoms with Crippen LogP contribution in [0.2, 0.25) is 0 Å². The van der Waals surface area contributed by atoms with E-state index in [0.717, 1.165) is 48.5 Å². The number of hydrogen-bond donors (Lipinski definition) is 0. The summed E-state index contributed by atoms with van der Waals surface area (Å²) in [5, 5.41) is 8.12. The van der Waals surface area contributed by atoms with Gasteiger partial charge in [-0.25, -0.2) is 15.0 Å². The Morgan fingerprint density at radius 3 is 2.11 bits per heavy atom. The number of anilines is 1. The zero-order chi connectivity index (χ0) is 24.0. The number of fused-ring (bicyclic) bond motifs is 1. The molecule has 0 fully saturated rings. The van der Waals surface area contributed by atoms with Gasteiger partial charge < -0.3 is 4.90 Å². The molecule has 8 nitrogen and oxygen atoms in total. The average molecular weight is 467 g/mol. The van der Waals surface area contributed by atoms with Gasteiger partial charge in [0.1, 0.15) is 5.82 Å². The van der Waals surface area contributed by atoms with Gasteiger partial charge in [0.15, 0.2) is 17.0 Å². The summed E-state index contributed by atoms with van der Waals surface area (Å²) in [5.74, 6) is 2.36. The van der Waals surface area contributed by atoms with Crippen LogP contribution in [0, 0.1) is 0 Å². The molecule has 0 aliphatic heterocycles. The predicted molar refractivity (Wildman–Crippen MR) is 137 cm³/mol. The van der Waals surface area contributed by atoms with Crippen molar-refractivity contribution in [2.45, 2.75) is 45.7 Å². The number of rotatable bonds is 10. The molecule has 0 amide bonds. The van der Waals surface area contributed by atoms with Crippen LogP contribution in [-0.4, -0.2) is 34.5 Å². The Balaban J connectivity index is 1.64. The van der Waals surface area contributed by atoms with Crippen molar-refractivity contribution in [1.29, 1.82) is 0 Å². The summed E-state index contributed by atoms with van der Waals surface area (Å²) in [6, 6.07) is 21.0. The van der Waals surface area contributed by atoms with Crippen LogP contribution >= 0.6 is 0 Å². The maximum Gasteiger partial charge on any atom is 0.234 e. The minimum atomic E-state index is 0.665. The number of unbranched alkanes of at least 4 members (excludes halogenated alkanes) is 2. The number of nitrogens with zero attached hydrogens (tertiary/aromatic N) is 8. The van der Waals surface area contributed by atoms with Crippen LogP contribution in [0.25, 0.3) is 17.1 Å². The van der Waals surface area contributed by atoms with Crippen LogP contribution in [0.3, 0.4) is 0 Å². The molecular formula is C27H30N8. The molecule has 0 spiro atoms. The first-order valence-electron chi connectivity index (χ1n) is 12.2.